The fraction of sp³-hybridized carbons (Fsp3) is 0.263. The number of rotatable bonds is 8. The average molecular weight is 375 g/mol. The van der Waals surface area contributed by atoms with Crippen LogP contribution in [0.5, 0.6) is 28.7 Å². The standard InChI is InChI=1S/C19H21NO7/c1-24-16-6-5-12(9-15(16)21)7-14(20(22)23)8-13-10-17(25-2)19(27-4)18(11-13)26-3/h5-6,8-11,21H,7H2,1-4H3/b14-8-. The Morgan fingerprint density at radius 2 is 1.59 bits per heavy atom. The van der Waals surface area contributed by atoms with Crippen molar-refractivity contribution >= 4 is 6.08 Å². The number of hydrogen-bond donors (Lipinski definition) is 1. The number of ether oxygens (including phenoxy) is 4. The summed E-state index contributed by atoms with van der Waals surface area (Å²) in [6, 6.07) is 7.89. The Kier molecular flexibility index (Phi) is 6.48. The average Bonchev–Trinajstić information content (AvgIpc) is 2.66. The van der Waals surface area contributed by atoms with Gasteiger partial charge in [-0.25, -0.2) is 0 Å². The molecule has 0 unspecified atom stereocenters. The highest BCUT2D eigenvalue weighted by Gasteiger charge is 2.17. The quantitative estimate of drug-likeness (QED) is 0.558. The van der Waals surface area contributed by atoms with Gasteiger partial charge in [0.1, 0.15) is 0 Å². The van der Waals surface area contributed by atoms with Crippen LogP contribution >= 0.6 is 0 Å². The molecular weight excluding hydrogens is 354 g/mol. The maximum absolute atomic E-state index is 11.5. The number of phenols is 1. The Balaban J connectivity index is 2.43. The number of nitro groups is 1. The summed E-state index contributed by atoms with van der Waals surface area (Å²) in [5.74, 6) is 1.42. The molecule has 0 radical (unpaired) electrons. The van der Waals surface area contributed by atoms with Crippen molar-refractivity contribution in [2.24, 2.45) is 0 Å². The predicted molar refractivity (Wildman–Crippen MR) is 99.4 cm³/mol. The lowest BCUT2D eigenvalue weighted by atomic mass is 10.1. The summed E-state index contributed by atoms with van der Waals surface area (Å²) in [6.07, 6.45) is 1.44. The van der Waals surface area contributed by atoms with Crippen molar-refractivity contribution in [2.45, 2.75) is 6.42 Å². The molecule has 1 N–H and O–H groups in total. The van der Waals surface area contributed by atoms with Gasteiger partial charge in [0, 0.05) is 6.08 Å². The summed E-state index contributed by atoms with van der Waals surface area (Å²) >= 11 is 0. The number of nitrogens with zero attached hydrogens (tertiary/aromatic N) is 1. The molecule has 0 atom stereocenters. The lowest BCUT2D eigenvalue weighted by Crippen LogP contribution is -2.03. The molecule has 0 saturated heterocycles. The van der Waals surface area contributed by atoms with Crippen molar-refractivity contribution in [3.8, 4) is 28.7 Å². The van der Waals surface area contributed by atoms with Crippen molar-refractivity contribution in [3.05, 3.63) is 57.3 Å². The third kappa shape index (κ3) is 4.60. The highest BCUT2D eigenvalue weighted by Crippen LogP contribution is 2.39. The molecular formula is C19H21NO7. The molecule has 8 heteroatoms. The third-order valence-electron chi connectivity index (χ3n) is 3.88. The zero-order valence-corrected chi connectivity index (χ0v) is 15.5. The van der Waals surface area contributed by atoms with Crippen LogP contribution in [0.25, 0.3) is 6.08 Å². The van der Waals surface area contributed by atoms with Gasteiger partial charge in [0.15, 0.2) is 23.0 Å². The second-order valence-electron chi connectivity index (χ2n) is 5.53. The van der Waals surface area contributed by atoms with E-state index in [1.807, 2.05) is 0 Å². The molecule has 0 amide bonds. The van der Waals surface area contributed by atoms with E-state index in [2.05, 4.69) is 0 Å². The molecule has 0 aliphatic carbocycles. The zero-order valence-electron chi connectivity index (χ0n) is 15.5. The van der Waals surface area contributed by atoms with E-state index in [1.165, 1.54) is 40.6 Å². The van der Waals surface area contributed by atoms with Crippen LogP contribution in [0, 0.1) is 10.1 Å². The zero-order chi connectivity index (χ0) is 20.0. The molecule has 144 valence electrons. The molecule has 0 aromatic heterocycles. The van der Waals surface area contributed by atoms with Crippen molar-refractivity contribution in [1.29, 1.82) is 0 Å². The largest absolute Gasteiger partial charge is 0.504 e. The van der Waals surface area contributed by atoms with E-state index in [-0.39, 0.29) is 17.9 Å². The van der Waals surface area contributed by atoms with E-state index in [9.17, 15) is 15.2 Å². The normalized spacial score (nSPS) is 11.0. The summed E-state index contributed by atoms with van der Waals surface area (Å²) in [5.41, 5.74) is 1.03. The van der Waals surface area contributed by atoms with E-state index >= 15 is 0 Å². The van der Waals surface area contributed by atoms with Gasteiger partial charge in [-0.1, -0.05) is 6.07 Å². The SMILES string of the molecule is COc1ccc(C/C(=C/c2cc(OC)c(OC)c(OC)c2)[N+](=O)[O-])cc1O. The summed E-state index contributed by atoms with van der Waals surface area (Å²) in [4.78, 5) is 11.0. The Morgan fingerprint density at radius 1 is 1.00 bits per heavy atom. The summed E-state index contributed by atoms with van der Waals surface area (Å²) in [5, 5.41) is 21.4. The Bertz CT molecular complexity index is 836. The second kappa shape index (κ2) is 8.79. The minimum absolute atomic E-state index is 0.0151. The van der Waals surface area contributed by atoms with Gasteiger partial charge in [0.25, 0.3) is 5.70 Å². The number of phenolic OH excluding ortho intramolecular Hbond substituents is 1. The highest BCUT2D eigenvalue weighted by molar-refractivity contribution is 5.63. The number of methoxy groups -OCH3 is 4. The predicted octanol–water partition coefficient (Wildman–Crippen LogP) is 3.29. The molecule has 2 rings (SSSR count). The molecule has 0 aliphatic rings. The Hall–Kier alpha value is -3.42. The summed E-state index contributed by atoms with van der Waals surface area (Å²) < 4.78 is 20.8. The van der Waals surface area contributed by atoms with Crippen LogP contribution in [0.1, 0.15) is 11.1 Å². The number of aromatic hydroxyl groups is 1. The van der Waals surface area contributed by atoms with E-state index in [0.717, 1.165) is 0 Å². The van der Waals surface area contributed by atoms with Crippen LogP contribution in [-0.2, 0) is 6.42 Å². The number of benzene rings is 2. The van der Waals surface area contributed by atoms with Gasteiger partial charge >= 0.3 is 0 Å². The van der Waals surface area contributed by atoms with Crippen LogP contribution in [0.2, 0.25) is 0 Å². The van der Waals surface area contributed by atoms with Crippen LogP contribution in [0.3, 0.4) is 0 Å². The van der Waals surface area contributed by atoms with Gasteiger partial charge in [-0.05, 0) is 35.4 Å². The van der Waals surface area contributed by atoms with Gasteiger partial charge in [-0.15, -0.1) is 0 Å². The summed E-state index contributed by atoms with van der Waals surface area (Å²) in [7, 11) is 5.86. The van der Waals surface area contributed by atoms with Crippen LogP contribution in [-0.4, -0.2) is 38.5 Å². The van der Waals surface area contributed by atoms with Crippen LogP contribution < -0.4 is 18.9 Å². The van der Waals surface area contributed by atoms with Crippen molar-refractivity contribution < 1.29 is 29.0 Å². The first-order valence-electron chi connectivity index (χ1n) is 7.94. The van der Waals surface area contributed by atoms with E-state index in [0.29, 0.717) is 34.1 Å². The van der Waals surface area contributed by atoms with E-state index in [1.54, 1.807) is 24.3 Å². The minimum atomic E-state index is -0.468. The van der Waals surface area contributed by atoms with Crippen LogP contribution in [0.15, 0.2) is 36.0 Å². The van der Waals surface area contributed by atoms with Gasteiger partial charge < -0.3 is 24.1 Å². The van der Waals surface area contributed by atoms with E-state index < -0.39 is 4.92 Å². The smallest absolute Gasteiger partial charge is 0.251 e. The molecule has 0 spiro atoms. The summed E-state index contributed by atoms with van der Waals surface area (Å²) in [6.45, 7) is 0. The monoisotopic (exact) mass is 375 g/mol. The molecule has 0 aliphatic heterocycles. The fourth-order valence-corrected chi connectivity index (χ4v) is 2.60. The first kappa shape index (κ1) is 19.9. The first-order valence-corrected chi connectivity index (χ1v) is 7.94. The third-order valence-corrected chi connectivity index (χ3v) is 3.88. The highest BCUT2D eigenvalue weighted by atomic mass is 16.6. The Labute approximate surface area is 156 Å². The maximum Gasteiger partial charge on any atom is 0.251 e. The van der Waals surface area contributed by atoms with E-state index in [4.69, 9.17) is 18.9 Å². The lowest BCUT2D eigenvalue weighted by Gasteiger charge is -2.13. The fourth-order valence-electron chi connectivity index (χ4n) is 2.60. The topological polar surface area (TPSA) is 100 Å². The second-order valence-corrected chi connectivity index (χ2v) is 5.53. The molecule has 0 saturated carbocycles. The molecule has 2 aromatic rings. The molecule has 27 heavy (non-hydrogen) atoms. The van der Waals surface area contributed by atoms with Crippen molar-refractivity contribution in [2.75, 3.05) is 28.4 Å². The lowest BCUT2D eigenvalue weighted by molar-refractivity contribution is -0.425. The van der Waals surface area contributed by atoms with Gasteiger partial charge in [-0.3, -0.25) is 10.1 Å². The van der Waals surface area contributed by atoms with Gasteiger partial charge in [0.2, 0.25) is 5.75 Å². The van der Waals surface area contributed by atoms with Crippen molar-refractivity contribution in [1.82, 2.24) is 0 Å². The molecule has 2 aromatic carbocycles. The van der Waals surface area contributed by atoms with Crippen molar-refractivity contribution in [3.63, 3.8) is 0 Å². The Morgan fingerprint density at radius 3 is 2.04 bits per heavy atom. The number of hydrogen-bond acceptors (Lipinski definition) is 7. The number of allylic oxidation sites excluding steroid dienone is 1. The van der Waals surface area contributed by atoms with Gasteiger partial charge in [0.05, 0.1) is 39.8 Å². The van der Waals surface area contributed by atoms with Gasteiger partial charge in [-0.2, -0.15) is 0 Å². The minimum Gasteiger partial charge on any atom is -0.504 e. The molecule has 0 heterocycles. The first-order chi connectivity index (χ1) is 12.9. The molecule has 0 fully saturated rings. The van der Waals surface area contributed by atoms with Crippen LogP contribution in [0.4, 0.5) is 0 Å². The molecule has 0 bridgehead atoms. The maximum atomic E-state index is 11.5. The molecule has 8 nitrogen and oxygen atoms in total.